The van der Waals surface area contributed by atoms with E-state index >= 15 is 0 Å². The van der Waals surface area contributed by atoms with Gasteiger partial charge in [-0.05, 0) is 38.5 Å². The van der Waals surface area contributed by atoms with E-state index in [1.807, 2.05) is 0 Å². The zero-order valence-electron chi connectivity index (χ0n) is 26.5. The lowest BCUT2D eigenvalue weighted by atomic mass is 9.99. The highest BCUT2D eigenvalue weighted by molar-refractivity contribution is 5.69. The van der Waals surface area contributed by atoms with Crippen LogP contribution in [-0.4, -0.2) is 89.6 Å². The van der Waals surface area contributed by atoms with E-state index in [0.29, 0.717) is 13.0 Å². The minimum Gasteiger partial charge on any atom is -0.457 e. The first-order chi connectivity index (χ1) is 20.4. The summed E-state index contributed by atoms with van der Waals surface area (Å²) in [4.78, 5) is 12.6. The van der Waals surface area contributed by atoms with E-state index in [1.54, 1.807) is 0 Å². The molecule has 248 valence electrons. The van der Waals surface area contributed by atoms with Gasteiger partial charge in [0.05, 0.1) is 19.8 Å². The van der Waals surface area contributed by atoms with Crippen molar-refractivity contribution in [2.24, 2.45) is 0 Å². The summed E-state index contributed by atoms with van der Waals surface area (Å²) >= 11 is 0. The molecule has 1 aliphatic heterocycles. The normalized spacial score (nSPS) is 23.4. The second-order valence-electron chi connectivity index (χ2n) is 11.6. The van der Waals surface area contributed by atoms with E-state index in [0.717, 1.165) is 44.9 Å². The van der Waals surface area contributed by atoms with Crippen LogP contribution < -0.4 is 0 Å². The Morgan fingerprint density at radius 1 is 0.738 bits per heavy atom. The Morgan fingerprint density at radius 2 is 1.31 bits per heavy atom. The van der Waals surface area contributed by atoms with E-state index in [4.69, 9.17) is 18.9 Å². The molecule has 9 heteroatoms. The van der Waals surface area contributed by atoms with Gasteiger partial charge in [-0.15, -0.1) is 0 Å². The number of allylic oxidation sites excluding steroid dienone is 2. The molecule has 0 amide bonds. The summed E-state index contributed by atoms with van der Waals surface area (Å²) in [7, 11) is 0. The largest absolute Gasteiger partial charge is 0.457 e. The molecular formula is C33H62O9. The third kappa shape index (κ3) is 18.6. The molecule has 1 rings (SSSR count). The molecule has 42 heavy (non-hydrogen) atoms. The van der Waals surface area contributed by atoms with Crippen molar-refractivity contribution in [1.82, 2.24) is 0 Å². The lowest BCUT2D eigenvalue weighted by molar-refractivity contribution is -0.305. The number of carbonyl (C=O) groups is 1. The Kier molecular flexibility index (Phi) is 24.4. The van der Waals surface area contributed by atoms with Crippen LogP contribution in [0.5, 0.6) is 0 Å². The van der Waals surface area contributed by atoms with Gasteiger partial charge in [0, 0.05) is 13.0 Å². The zero-order valence-corrected chi connectivity index (χ0v) is 26.5. The van der Waals surface area contributed by atoms with Gasteiger partial charge in [-0.3, -0.25) is 4.79 Å². The maximum absolute atomic E-state index is 12.6. The molecule has 6 unspecified atom stereocenters. The number of aliphatic hydroxyl groups excluding tert-OH is 4. The predicted molar refractivity (Wildman–Crippen MR) is 164 cm³/mol. The van der Waals surface area contributed by atoms with Gasteiger partial charge in [0.1, 0.15) is 30.5 Å². The quantitative estimate of drug-likeness (QED) is 0.0557. The molecule has 6 atom stereocenters. The van der Waals surface area contributed by atoms with E-state index < -0.39 is 43.4 Å². The number of unbranched alkanes of at least 4 members (excludes halogenated alkanes) is 14. The minimum absolute atomic E-state index is 0.114. The highest BCUT2D eigenvalue weighted by Gasteiger charge is 2.44. The van der Waals surface area contributed by atoms with Gasteiger partial charge in [0.15, 0.2) is 6.29 Å². The molecule has 0 bridgehead atoms. The minimum atomic E-state index is -1.53. The molecule has 0 saturated carbocycles. The summed E-state index contributed by atoms with van der Waals surface area (Å²) in [5.41, 5.74) is 0. The lowest BCUT2D eigenvalue weighted by Crippen LogP contribution is -2.59. The molecule has 0 radical (unpaired) electrons. The summed E-state index contributed by atoms with van der Waals surface area (Å²) in [6.07, 6.45) is 16.8. The van der Waals surface area contributed by atoms with Crippen LogP contribution in [0.25, 0.3) is 0 Å². The summed E-state index contributed by atoms with van der Waals surface area (Å²) < 4.78 is 22.5. The fourth-order valence-electron chi connectivity index (χ4n) is 4.95. The summed E-state index contributed by atoms with van der Waals surface area (Å²) in [5.74, 6) is -0.327. The maximum Gasteiger partial charge on any atom is 0.306 e. The van der Waals surface area contributed by atoms with Crippen molar-refractivity contribution in [3.8, 4) is 0 Å². The third-order valence-electron chi connectivity index (χ3n) is 7.68. The van der Waals surface area contributed by atoms with Gasteiger partial charge in [-0.2, -0.15) is 0 Å². The molecule has 0 spiro atoms. The van der Waals surface area contributed by atoms with E-state index in [1.165, 1.54) is 64.2 Å². The van der Waals surface area contributed by atoms with Gasteiger partial charge >= 0.3 is 5.97 Å². The molecule has 4 N–H and O–H groups in total. The summed E-state index contributed by atoms with van der Waals surface area (Å²) in [6.45, 7) is 4.46. The van der Waals surface area contributed by atoms with Crippen molar-refractivity contribution in [3.63, 3.8) is 0 Å². The third-order valence-corrected chi connectivity index (χ3v) is 7.68. The molecular weight excluding hydrogens is 540 g/mol. The second kappa shape index (κ2) is 26.3. The highest BCUT2D eigenvalue weighted by atomic mass is 16.7. The Bertz CT molecular complexity index is 657. The Morgan fingerprint density at radius 3 is 1.95 bits per heavy atom. The number of carbonyl (C=O) groups excluding carboxylic acids is 1. The molecule has 0 aliphatic carbocycles. The molecule has 9 nitrogen and oxygen atoms in total. The van der Waals surface area contributed by atoms with Crippen molar-refractivity contribution in [2.75, 3.05) is 26.4 Å². The van der Waals surface area contributed by atoms with Crippen LogP contribution in [-0.2, 0) is 23.7 Å². The Hall–Kier alpha value is -1.07. The summed E-state index contributed by atoms with van der Waals surface area (Å²) in [5, 5.41) is 39.7. The molecule has 0 aromatic carbocycles. The second-order valence-corrected chi connectivity index (χ2v) is 11.6. The molecule has 1 heterocycles. The Labute approximate surface area is 255 Å². The number of hydrogen-bond acceptors (Lipinski definition) is 9. The van der Waals surface area contributed by atoms with Crippen molar-refractivity contribution < 1.29 is 44.2 Å². The zero-order chi connectivity index (χ0) is 30.8. The fraction of sp³-hybridized carbons (Fsp3) is 0.909. The van der Waals surface area contributed by atoms with Crippen LogP contribution in [0.15, 0.2) is 12.2 Å². The van der Waals surface area contributed by atoms with Crippen molar-refractivity contribution >= 4 is 5.97 Å². The summed E-state index contributed by atoms with van der Waals surface area (Å²) in [6, 6.07) is 0. The Balaban J connectivity index is 2.36. The van der Waals surface area contributed by atoms with Gasteiger partial charge in [-0.25, -0.2) is 0 Å². The predicted octanol–water partition coefficient (Wildman–Crippen LogP) is 5.35. The van der Waals surface area contributed by atoms with Gasteiger partial charge in [0.25, 0.3) is 0 Å². The van der Waals surface area contributed by atoms with Crippen LogP contribution in [0, 0.1) is 0 Å². The monoisotopic (exact) mass is 602 g/mol. The smallest absolute Gasteiger partial charge is 0.306 e. The van der Waals surface area contributed by atoms with Crippen molar-refractivity contribution in [1.29, 1.82) is 0 Å². The lowest BCUT2D eigenvalue weighted by Gasteiger charge is -2.39. The van der Waals surface area contributed by atoms with Crippen molar-refractivity contribution in [2.45, 2.75) is 166 Å². The van der Waals surface area contributed by atoms with Crippen LogP contribution in [0.1, 0.15) is 129 Å². The standard InChI is InChI=1S/C33H62O9/c1-3-5-7-9-11-12-13-14-15-16-17-18-20-22-29(35)41-27(25-39-23-21-19-10-8-6-4-2)26-40-33-32(38)31(37)30(36)28(24-34)42-33/h12-13,27-28,30-34,36-38H,3-11,14-26H2,1-2H3/b13-12-. The topological polar surface area (TPSA) is 135 Å². The van der Waals surface area contributed by atoms with E-state index in [2.05, 4.69) is 26.0 Å². The highest BCUT2D eigenvalue weighted by Crippen LogP contribution is 2.22. The number of rotatable bonds is 27. The molecule has 1 saturated heterocycles. The molecule has 0 aromatic rings. The van der Waals surface area contributed by atoms with Gasteiger partial charge in [0.2, 0.25) is 0 Å². The van der Waals surface area contributed by atoms with Crippen LogP contribution in [0.2, 0.25) is 0 Å². The number of esters is 1. The van der Waals surface area contributed by atoms with Gasteiger partial charge < -0.3 is 39.4 Å². The van der Waals surface area contributed by atoms with Gasteiger partial charge in [-0.1, -0.05) is 96.6 Å². The van der Waals surface area contributed by atoms with Crippen LogP contribution in [0.4, 0.5) is 0 Å². The first-order valence-electron chi connectivity index (χ1n) is 16.8. The average molecular weight is 603 g/mol. The molecule has 1 fully saturated rings. The SMILES string of the molecule is CCCCCC/C=C\CCCCCCCC(=O)OC(COCCCCCCCC)COC1OC(CO)C(O)C(O)C1O. The van der Waals surface area contributed by atoms with E-state index in [9.17, 15) is 25.2 Å². The maximum atomic E-state index is 12.6. The first-order valence-corrected chi connectivity index (χ1v) is 16.8. The fourth-order valence-corrected chi connectivity index (χ4v) is 4.95. The number of aliphatic hydroxyl groups is 4. The number of hydrogen-bond donors (Lipinski definition) is 4. The molecule has 1 aliphatic rings. The van der Waals surface area contributed by atoms with Crippen LogP contribution in [0.3, 0.4) is 0 Å². The first kappa shape index (κ1) is 39.0. The molecule has 0 aromatic heterocycles. The average Bonchev–Trinajstić information content (AvgIpc) is 2.99. The van der Waals surface area contributed by atoms with Crippen LogP contribution >= 0.6 is 0 Å². The number of ether oxygens (including phenoxy) is 4. The van der Waals surface area contributed by atoms with Crippen molar-refractivity contribution in [3.05, 3.63) is 12.2 Å². The van der Waals surface area contributed by atoms with E-state index in [-0.39, 0.29) is 19.2 Å².